The summed E-state index contributed by atoms with van der Waals surface area (Å²) in [5.74, 6) is 0.545. The molecule has 0 atom stereocenters. The van der Waals surface area contributed by atoms with E-state index in [1.165, 1.54) is 0 Å². The predicted molar refractivity (Wildman–Crippen MR) is 210 cm³/mol. The van der Waals surface area contributed by atoms with Crippen molar-refractivity contribution in [2.45, 2.75) is 0 Å². The van der Waals surface area contributed by atoms with Gasteiger partial charge in [-0.1, -0.05) is 91.0 Å². The van der Waals surface area contributed by atoms with E-state index in [0.717, 1.165) is 67.2 Å². The Bertz CT molecular complexity index is 2490. The van der Waals surface area contributed by atoms with E-state index >= 15 is 0 Å². The van der Waals surface area contributed by atoms with Gasteiger partial charge in [0.15, 0.2) is 5.58 Å². The molecule has 7 aromatic carbocycles. The minimum absolute atomic E-state index is 0.545. The summed E-state index contributed by atoms with van der Waals surface area (Å²) in [6.07, 6.45) is 1.80. The fourth-order valence-electron chi connectivity index (χ4n) is 6.69. The van der Waals surface area contributed by atoms with Gasteiger partial charge in [0.05, 0.1) is 5.52 Å². The molecule has 0 saturated carbocycles. The molecular formula is C46H32N4O. The molecule has 0 aliphatic carbocycles. The topological polar surface area (TPSA) is 45.4 Å². The normalized spacial score (nSPS) is 11.1. The highest BCUT2D eigenvalue weighted by molar-refractivity contribution is 6.01. The summed E-state index contributed by atoms with van der Waals surface area (Å²) < 4.78 is 6.47. The van der Waals surface area contributed by atoms with Crippen molar-refractivity contribution in [2.24, 2.45) is 0 Å². The number of nitrogens with zero attached hydrogens (tertiary/aromatic N) is 4. The molecule has 0 fully saturated rings. The number of anilines is 6. The van der Waals surface area contributed by atoms with E-state index in [1.54, 1.807) is 6.20 Å². The van der Waals surface area contributed by atoms with Gasteiger partial charge in [-0.05, 0) is 108 Å². The fraction of sp³-hybridized carbons (Fsp3) is 0. The van der Waals surface area contributed by atoms with Gasteiger partial charge in [0.2, 0.25) is 5.89 Å². The predicted octanol–water partition coefficient (Wildman–Crippen LogP) is 12.6. The Balaban J connectivity index is 1.21. The number of benzene rings is 7. The number of aromatic nitrogens is 2. The molecule has 0 aliphatic rings. The van der Waals surface area contributed by atoms with Crippen LogP contribution in [0.3, 0.4) is 0 Å². The van der Waals surface area contributed by atoms with Gasteiger partial charge in [-0.3, -0.25) is 4.98 Å². The number of pyridine rings is 1. The maximum absolute atomic E-state index is 6.47. The van der Waals surface area contributed by atoms with Gasteiger partial charge in [0, 0.05) is 51.3 Å². The Kier molecular flexibility index (Phi) is 7.76. The SMILES string of the molecule is c1ccc(N(c2ccccc2)c2ccc(-c3cc(-c4nc5c(ccc6cccnc65)o4)cc(N(c4ccccc4)c4ccccc4)c3)cc2)cc1. The summed E-state index contributed by atoms with van der Waals surface area (Å²) in [7, 11) is 0. The minimum Gasteiger partial charge on any atom is -0.436 e. The monoisotopic (exact) mass is 656 g/mol. The molecule has 5 nitrogen and oxygen atoms in total. The molecular weight excluding hydrogens is 625 g/mol. The molecule has 5 heteroatoms. The summed E-state index contributed by atoms with van der Waals surface area (Å²) in [5, 5.41) is 1.03. The van der Waals surface area contributed by atoms with Gasteiger partial charge < -0.3 is 14.2 Å². The summed E-state index contributed by atoms with van der Waals surface area (Å²) in [6.45, 7) is 0. The second-order valence-electron chi connectivity index (χ2n) is 12.3. The zero-order valence-electron chi connectivity index (χ0n) is 27.7. The molecule has 0 bridgehead atoms. The van der Waals surface area contributed by atoms with Gasteiger partial charge in [-0.15, -0.1) is 0 Å². The lowest BCUT2D eigenvalue weighted by Gasteiger charge is -2.27. The quantitative estimate of drug-likeness (QED) is 0.163. The van der Waals surface area contributed by atoms with E-state index < -0.39 is 0 Å². The maximum Gasteiger partial charge on any atom is 0.227 e. The summed E-state index contributed by atoms with van der Waals surface area (Å²) >= 11 is 0. The van der Waals surface area contributed by atoms with Gasteiger partial charge in [0.25, 0.3) is 0 Å². The number of fused-ring (bicyclic) bond motifs is 3. The van der Waals surface area contributed by atoms with Crippen LogP contribution in [0.5, 0.6) is 0 Å². The second kappa shape index (κ2) is 13.1. The Morgan fingerprint density at radius 3 is 1.45 bits per heavy atom. The van der Waals surface area contributed by atoms with Gasteiger partial charge >= 0.3 is 0 Å². The minimum atomic E-state index is 0.545. The van der Waals surface area contributed by atoms with Crippen molar-refractivity contribution in [1.29, 1.82) is 0 Å². The lowest BCUT2D eigenvalue weighted by atomic mass is 10.00. The molecule has 0 spiro atoms. The van der Waals surface area contributed by atoms with Crippen LogP contribution in [-0.2, 0) is 0 Å². The lowest BCUT2D eigenvalue weighted by molar-refractivity contribution is 0.620. The first kappa shape index (κ1) is 30.1. The number of hydrogen-bond donors (Lipinski definition) is 0. The largest absolute Gasteiger partial charge is 0.436 e. The van der Waals surface area contributed by atoms with Crippen LogP contribution in [0, 0.1) is 0 Å². The molecule has 0 N–H and O–H groups in total. The van der Waals surface area contributed by atoms with E-state index in [0.29, 0.717) is 11.5 Å². The zero-order chi connectivity index (χ0) is 34.0. The molecule has 0 saturated heterocycles. The summed E-state index contributed by atoms with van der Waals surface area (Å²) in [6, 6.07) is 65.1. The van der Waals surface area contributed by atoms with Crippen molar-refractivity contribution in [3.05, 3.63) is 194 Å². The lowest BCUT2D eigenvalue weighted by Crippen LogP contribution is -2.10. The number of oxazole rings is 1. The molecule has 2 aromatic heterocycles. The van der Waals surface area contributed by atoms with E-state index in [4.69, 9.17) is 9.40 Å². The van der Waals surface area contributed by atoms with Crippen LogP contribution in [0.4, 0.5) is 34.1 Å². The van der Waals surface area contributed by atoms with E-state index in [-0.39, 0.29) is 0 Å². The smallest absolute Gasteiger partial charge is 0.227 e. The fourth-order valence-corrected chi connectivity index (χ4v) is 6.69. The third-order valence-corrected chi connectivity index (χ3v) is 9.07. The second-order valence-corrected chi connectivity index (χ2v) is 12.3. The van der Waals surface area contributed by atoms with Gasteiger partial charge in [-0.2, -0.15) is 0 Å². The summed E-state index contributed by atoms with van der Waals surface area (Å²) in [4.78, 5) is 14.2. The Hall–Kier alpha value is -6.98. The Labute approximate surface area is 296 Å². The van der Waals surface area contributed by atoms with Crippen LogP contribution in [0.25, 0.3) is 44.6 Å². The molecule has 9 aromatic rings. The van der Waals surface area contributed by atoms with Crippen molar-refractivity contribution in [1.82, 2.24) is 9.97 Å². The average molecular weight is 657 g/mol. The third kappa shape index (κ3) is 5.87. The summed E-state index contributed by atoms with van der Waals surface area (Å²) in [5.41, 5.74) is 11.6. The van der Waals surface area contributed by atoms with Crippen molar-refractivity contribution >= 4 is 56.1 Å². The maximum atomic E-state index is 6.47. The third-order valence-electron chi connectivity index (χ3n) is 9.07. The molecule has 9 rings (SSSR count). The number of para-hydroxylation sites is 4. The molecule has 0 radical (unpaired) electrons. The van der Waals surface area contributed by atoms with Crippen molar-refractivity contribution in [3.63, 3.8) is 0 Å². The first-order valence-electron chi connectivity index (χ1n) is 17.0. The van der Waals surface area contributed by atoms with Crippen LogP contribution < -0.4 is 9.80 Å². The van der Waals surface area contributed by atoms with Crippen LogP contribution in [-0.4, -0.2) is 9.97 Å². The Morgan fingerprint density at radius 1 is 0.373 bits per heavy atom. The van der Waals surface area contributed by atoms with Crippen molar-refractivity contribution < 1.29 is 4.42 Å². The zero-order valence-corrected chi connectivity index (χ0v) is 27.7. The molecule has 51 heavy (non-hydrogen) atoms. The van der Waals surface area contributed by atoms with Crippen LogP contribution in [0.1, 0.15) is 0 Å². The van der Waals surface area contributed by atoms with Crippen molar-refractivity contribution in [3.8, 4) is 22.6 Å². The molecule has 0 aliphatic heterocycles. The first-order chi connectivity index (χ1) is 25.3. The molecule has 0 unspecified atom stereocenters. The van der Waals surface area contributed by atoms with Crippen LogP contribution >= 0.6 is 0 Å². The van der Waals surface area contributed by atoms with E-state index in [1.807, 2.05) is 48.5 Å². The van der Waals surface area contributed by atoms with Gasteiger partial charge in [0.1, 0.15) is 5.52 Å². The molecule has 242 valence electrons. The van der Waals surface area contributed by atoms with Crippen molar-refractivity contribution in [2.75, 3.05) is 9.80 Å². The first-order valence-corrected chi connectivity index (χ1v) is 17.0. The standard InChI is InChI=1S/C46H32N4O/c1-5-15-37(16-6-1)49(38-17-7-2-8-18-38)41-26-23-33(24-27-41)35-30-36(46-48-45-43(51-46)28-25-34-14-13-29-47-44(34)45)32-42(31-35)50(39-19-9-3-10-20-39)40-21-11-4-12-22-40/h1-32H. The molecule has 0 amide bonds. The highest BCUT2D eigenvalue weighted by Gasteiger charge is 2.19. The van der Waals surface area contributed by atoms with Gasteiger partial charge in [-0.25, -0.2) is 4.98 Å². The van der Waals surface area contributed by atoms with Crippen LogP contribution in [0.15, 0.2) is 199 Å². The van der Waals surface area contributed by atoms with E-state index in [9.17, 15) is 0 Å². The average Bonchev–Trinajstić information content (AvgIpc) is 3.66. The number of rotatable bonds is 8. The number of hydrogen-bond acceptors (Lipinski definition) is 5. The Morgan fingerprint density at radius 2 is 0.882 bits per heavy atom. The van der Waals surface area contributed by atoms with E-state index in [2.05, 4.69) is 154 Å². The molecule has 2 heterocycles. The highest BCUT2D eigenvalue weighted by Crippen LogP contribution is 2.41. The van der Waals surface area contributed by atoms with Crippen LogP contribution in [0.2, 0.25) is 0 Å². The highest BCUT2D eigenvalue weighted by atomic mass is 16.3.